The maximum absolute atomic E-state index is 12.9. The maximum Gasteiger partial charge on any atom is 0.487 e. The molecule has 2 unspecified atom stereocenters. The zero-order valence-electron chi connectivity index (χ0n) is 12.7. The van der Waals surface area contributed by atoms with Crippen LogP contribution in [0.15, 0.2) is 0 Å². The molecule has 4 aliphatic rings. The molecule has 1 N–H and O–H groups in total. The highest BCUT2D eigenvalue weighted by Gasteiger charge is 2.59. The van der Waals surface area contributed by atoms with Crippen LogP contribution in [-0.2, 0) is 29.2 Å². The first-order valence-corrected chi connectivity index (χ1v) is 9.18. The summed E-state index contributed by atoms with van der Waals surface area (Å²) < 4.78 is 63.6. The van der Waals surface area contributed by atoms with E-state index in [1.165, 1.54) is 0 Å². The highest BCUT2D eigenvalue weighted by molar-refractivity contribution is 7.86. The number of ether oxygens (including phenoxy) is 2. The summed E-state index contributed by atoms with van der Waals surface area (Å²) in [5, 5.41) is 0. The second-order valence-electron chi connectivity index (χ2n) is 6.95. The van der Waals surface area contributed by atoms with Gasteiger partial charge < -0.3 is 9.47 Å². The molecule has 4 fully saturated rings. The molecule has 0 aromatic rings. The van der Waals surface area contributed by atoms with E-state index in [0.29, 0.717) is 25.2 Å². The van der Waals surface area contributed by atoms with Gasteiger partial charge in [-0.25, -0.2) is 0 Å². The third-order valence-electron chi connectivity index (χ3n) is 5.31. The van der Waals surface area contributed by atoms with Crippen LogP contribution in [0, 0.1) is 23.2 Å². The van der Waals surface area contributed by atoms with Gasteiger partial charge in [0.05, 0.1) is 12.0 Å². The highest BCUT2D eigenvalue weighted by Crippen LogP contribution is 2.59. The van der Waals surface area contributed by atoms with Gasteiger partial charge in [0.15, 0.2) is 0 Å². The van der Waals surface area contributed by atoms with Crippen molar-refractivity contribution in [3.05, 3.63) is 0 Å². The fourth-order valence-corrected chi connectivity index (χ4v) is 4.75. The molecule has 0 aliphatic heterocycles. The summed E-state index contributed by atoms with van der Waals surface area (Å²) in [5.41, 5.74) is -5.48. The Morgan fingerprint density at radius 3 is 2.33 bits per heavy atom. The number of esters is 1. The average molecular weight is 368 g/mol. The first-order chi connectivity index (χ1) is 11.0. The topological polar surface area (TPSA) is 107 Å². The molecule has 0 aromatic heterocycles. The van der Waals surface area contributed by atoms with E-state index in [0.717, 1.165) is 12.8 Å². The molecule has 0 heterocycles. The summed E-state index contributed by atoms with van der Waals surface area (Å²) in [4.78, 5) is 24.4. The molecule has 4 bridgehead atoms. The van der Waals surface area contributed by atoms with Gasteiger partial charge in [0.1, 0.15) is 12.4 Å². The lowest BCUT2D eigenvalue weighted by Gasteiger charge is -2.53. The number of hydrogen-bond donors (Lipinski definition) is 1. The molecule has 136 valence electrons. The lowest BCUT2D eigenvalue weighted by atomic mass is 9.49. The van der Waals surface area contributed by atoms with Crippen molar-refractivity contribution < 1.29 is 40.8 Å². The Bertz CT molecular complexity index is 642. The Kier molecular flexibility index (Phi) is 4.20. The lowest BCUT2D eigenvalue weighted by Crippen LogP contribution is -2.55. The number of alkyl halides is 2. The predicted molar refractivity (Wildman–Crippen MR) is 74.4 cm³/mol. The van der Waals surface area contributed by atoms with Crippen molar-refractivity contribution in [2.45, 2.75) is 37.5 Å². The number of hydrogen-bond acceptors (Lipinski definition) is 6. The first kappa shape index (κ1) is 17.7. The molecule has 4 saturated carbocycles. The SMILES string of the molecule is O=C1C2CC3CC1CC(C(=O)OCCOC(F)(F)S(=O)(=O)O)(C3)C2. The van der Waals surface area contributed by atoms with Gasteiger partial charge in [-0.2, -0.15) is 17.2 Å². The number of halogens is 2. The Hall–Kier alpha value is -1.13. The van der Waals surface area contributed by atoms with Crippen LogP contribution in [0.5, 0.6) is 0 Å². The van der Waals surface area contributed by atoms with Crippen molar-refractivity contribution in [2.75, 3.05) is 13.2 Å². The van der Waals surface area contributed by atoms with Gasteiger partial charge in [0.25, 0.3) is 0 Å². The summed E-state index contributed by atoms with van der Waals surface area (Å²) in [7, 11) is -5.68. The largest absolute Gasteiger partial charge is 0.487 e. The van der Waals surface area contributed by atoms with E-state index in [-0.39, 0.29) is 17.6 Å². The number of rotatable bonds is 6. The molecule has 0 aromatic carbocycles. The van der Waals surface area contributed by atoms with Crippen LogP contribution in [0.4, 0.5) is 8.78 Å². The molecule has 0 spiro atoms. The van der Waals surface area contributed by atoms with Gasteiger partial charge in [-0.3, -0.25) is 14.1 Å². The van der Waals surface area contributed by atoms with Crippen molar-refractivity contribution in [2.24, 2.45) is 23.2 Å². The third-order valence-corrected chi connectivity index (χ3v) is 6.03. The van der Waals surface area contributed by atoms with E-state index in [1.807, 2.05) is 0 Å². The summed E-state index contributed by atoms with van der Waals surface area (Å²) in [5.74, 6) is -0.264. The van der Waals surface area contributed by atoms with E-state index >= 15 is 0 Å². The van der Waals surface area contributed by atoms with Crippen LogP contribution in [0.2, 0.25) is 0 Å². The van der Waals surface area contributed by atoms with Crippen LogP contribution in [0.25, 0.3) is 0 Å². The molecular weight excluding hydrogens is 350 g/mol. The molecule has 10 heteroatoms. The summed E-state index contributed by atoms with van der Waals surface area (Å²) in [6.45, 7) is -1.43. The zero-order chi connectivity index (χ0) is 17.8. The number of Topliss-reactive ketones (excluding diaryl/α,β-unsaturated/α-hetero) is 1. The highest BCUT2D eigenvalue weighted by atomic mass is 32.2. The van der Waals surface area contributed by atoms with Crippen molar-refractivity contribution in [3.8, 4) is 0 Å². The Labute approximate surface area is 137 Å². The number of carbonyl (C=O) groups is 2. The fraction of sp³-hybridized carbons (Fsp3) is 0.857. The van der Waals surface area contributed by atoms with Gasteiger partial charge in [-0.1, -0.05) is 0 Å². The zero-order valence-corrected chi connectivity index (χ0v) is 13.6. The quantitative estimate of drug-likeness (QED) is 0.429. The van der Waals surface area contributed by atoms with Crippen molar-refractivity contribution in [3.63, 3.8) is 0 Å². The minimum absolute atomic E-state index is 0.121. The molecule has 7 nitrogen and oxygen atoms in total. The van der Waals surface area contributed by atoms with Crippen molar-refractivity contribution >= 4 is 21.9 Å². The van der Waals surface area contributed by atoms with Crippen molar-refractivity contribution in [1.82, 2.24) is 0 Å². The minimum atomic E-state index is -5.68. The molecular formula is C14H18F2O7S. The van der Waals surface area contributed by atoms with Crippen molar-refractivity contribution in [1.29, 1.82) is 0 Å². The normalized spacial score (nSPS) is 35.3. The first-order valence-electron chi connectivity index (χ1n) is 7.74. The second kappa shape index (κ2) is 5.70. The number of carbonyl (C=O) groups excluding carboxylic acids is 2. The summed E-state index contributed by atoms with van der Waals surface area (Å²) in [6.07, 6.45) is 3.09. The van der Waals surface area contributed by atoms with Gasteiger partial charge in [0.2, 0.25) is 0 Å². The van der Waals surface area contributed by atoms with Gasteiger partial charge in [-0.15, -0.1) is 0 Å². The van der Waals surface area contributed by atoms with Crippen LogP contribution < -0.4 is 0 Å². The van der Waals surface area contributed by atoms with E-state index in [9.17, 15) is 26.8 Å². The Morgan fingerprint density at radius 2 is 1.79 bits per heavy atom. The molecule has 2 atom stereocenters. The molecule has 4 aliphatic carbocycles. The van der Waals surface area contributed by atoms with E-state index in [2.05, 4.69) is 4.74 Å². The third kappa shape index (κ3) is 2.95. The minimum Gasteiger partial charge on any atom is -0.463 e. The fourth-order valence-electron chi connectivity index (χ4n) is 4.52. The standard InChI is InChI=1S/C14H18F2O7S/c15-14(16,24(19,20)21)23-2-1-22-12(18)13-5-8-3-9(6-13)11(17)10(4-8)7-13/h8-10H,1-7H2,(H,19,20,21). The summed E-state index contributed by atoms with van der Waals surface area (Å²) in [6, 6.07) is 0. The molecule has 4 rings (SSSR count). The van der Waals surface area contributed by atoms with Gasteiger partial charge in [0, 0.05) is 11.8 Å². The predicted octanol–water partition coefficient (Wildman–Crippen LogP) is 1.38. The molecule has 0 saturated heterocycles. The van der Waals surface area contributed by atoms with Crippen LogP contribution in [0.1, 0.15) is 32.1 Å². The monoisotopic (exact) mass is 368 g/mol. The Morgan fingerprint density at radius 1 is 1.21 bits per heavy atom. The van der Waals surface area contributed by atoms with E-state index in [4.69, 9.17) is 9.29 Å². The van der Waals surface area contributed by atoms with Crippen LogP contribution in [-0.4, -0.2) is 43.4 Å². The van der Waals surface area contributed by atoms with Crippen LogP contribution >= 0.6 is 0 Å². The average Bonchev–Trinajstić information content (AvgIpc) is 2.46. The van der Waals surface area contributed by atoms with Gasteiger partial charge >= 0.3 is 21.5 Å². The smallest absolute Gasteiger partial charge is 0.463 e. The second-order valence-corrected chi connectivity index (χ2v) is 8.37. The maximum atomic E-state index is 12.9. The molecule has 24 heavy (non-hydrogen) atoms. The van der Waals surface area contributed by atoms with E-state index < -0.39 is 40.2 Å². The van der Waals surface area contributed by atoms with Gasteiger partial charge in [-0.05, 0) is 38.0 Å². The lowest BCUT2D eigenvalue weighted by molar-refractivity contribution is -0.192. The summed E-state index contributed by atoms with van der Waals surface area (Å²) >= 11 is 0. The van der Waals surface area contributed by atoms with Crippen LogP contribution in [0.3, 0.4) is 0 Å². The Balaban J connectivity index is 1.54. The van der Waals surface area contributed by atoms with E-state index in [1.54, 1.807) is 0 Å². The number of ketones is 1. The molecule has 0 amide bonds. The molecule has 0 radical (unpaired) electrons.